The summed E-state index contributed by atoms with van der Waals surface area (Å²) in [6, 6.07) is 9.51. The molecule has 0 saturated heterocycles. The molecule has 0 heterocycles. The fourth-order valence-corrected chi connectivity index (χ4v) is 3.66. The average molecular weight is 438 g/mol. The summed E-state index contributed by atoms with van der Waals surface area (Å²) in [5.41, 5.74) is 6.47. The molecule has 0 radical (unpaired) electrons. The second-order valence-corrected chi connectivity index (χ2v) is 7.77. The topological polar surface area (TPSA) is 72.2 Å². The van der Waals surface area contributed by atoms with E-state index in [0.29, 0.717) is 0 Å². The zero-order valence-corrected chi connectivity index (χ0v) is 14.6. The minimum atomic E-state index is -3.99. The smallest absolute Gasteiger partial charge is 0.243 e. The van der Waals surface area contributed by atoms with Crippen LogP contribution in [0.25, 0.3) is 0 Å². The Morgan fingerprint density at radius 2 is 1.76 bits per heavy atom. The van der Waals surface area contributed by atoms with Gasteiger partial charge < -0.3 is 5.73 Å². The number of halogens is 3. The van der Waals surface area contributed by atoms with Gasteiger partial charge in [0.05, 0.1) is 4.47 Å². The van der Waals surface area contributed by atoms with E-state index in [1.54, 1.807) is 24.3 Å². The van der Waals surface area contributed by atoms with E-state index in [1.165, 1.54) is 6.07 Å². The van der Waals surface area contributed by atoms with Gasteiger partial charge in [-0.05, 0) is 45.8 Å². The lowest BCUT2D eigenvalue weighted by molar-refractivity contribution is 0.554. The van der Waals surface area contributed by atoms with E-state index in [2.05, 4.69) is 36.6 Å². The Hall–Kier alpha value is -0.960. The van der Waals surface area contributed by atoms with E-state index in [0.717, 1.165) is 16.1 Å². The monoisotopic (exact) mass is 436 g/mol. The molecular formula is C13H11Br2FN2O2S. The largest absolute Gasteiger partial charge is 0.399 e. The fourth-order valence-electron chi connectivity index (χ4n) is 1.64. The lowest BCUT2D eigenvalue weighted by Gasteiger charge is -2.10. The molecule has 21 heavy (non-hydrogen) atoms. The predicted molar refractivity (Wildman–Crippen MR) is 86.7 cm³/mol. The third kappa shape index (κ3) is 4.03. The van der Waals surface area contributed by atoms with E-state index in [1.807, 2.05) is 0 Å². The van der Waals surface area contributed by atoms with Gasteiger partial charge in [-0.25, -0.2) is 17.5 Å². The summed E-state index contributed by atoms with van der Waals surface area (Å²) >= 11 is 6.23. The highest BCUT2D eigenvalue weighted by atomic mass is 79.9. The number of nitrogens with one attached hydrogen (secondary N) is 1. The fraction of sp³-hybridized carbons (Fsp3) is 0.0769. The third-order valence-electron chi connectivity index (χ3n) is 2.69. The Morgan fingerprint density at radius 3 is 2.38 bits per heavy atom. The molecule has 0 bridgehead atoms. The van der Waals surface area contributed by atoms with Crippen LogP contribution in [0, 0.1) is 5.82 Å². The van der Waals surface area contributed by atoms with Crippen molar-refractivity contribution in [1.29, 1.82) is 0 Å². The Morgan fingerprint density at radius 1 is 1.14 bits per heavy atom. The molecule has 4 nitrogen and oxygen atoms in total. The Bertz CT molecular complexity index is 764. The highest BCUT2D eigenvalue weighted by Gasteiger charge is 2.21. The maximum absolute atomic E-state index is 13.9. The van der Waals surface area contributed by atoms with Crippen LogP contribution >= 0.6 is 31.9 Å². The number of nitrogen functional groups attached to an aromatic ring is 1. The number of benzene rings is 2. The summed E-state index contributed by atoms with van der Waals surface area (Å²) in [7, 11) is -3.99. The van der Waals surface area contributed by atoms with Crippen molar-refractivity contribution < 1.29 is 12.8 Å². The van der Waals surface area contributed by atoms with Crippen LogP contribution in [0.15, 0.2) is 50.2 Å². The molecule has 112 valence electrons. The van der Waals surface area contributed by atoms with E-state index in [-0.39, 0.29) is 16.7 Å². The first kappa shape index (κ1) is 16.4. The molecule has 8 heteroatoms. The van der Waals surface area contributed by atoms with Crippen molar-refractivity contribution in [2.24, 2.45) is 0 Å². The quantitative estimate of drug-likeness (QED) is 0.720. The summed E-state index contributed by atoms with van der Waals surface area (Å²) in [5.74, 6) is -0.868. The van der Waals surface area contributed by atoms with Crippen molar-refractivity contribution in [3.8, 4) is 0 Å². The van der Waals surface area contributed by atoms with Crippen molar-refractivity contribution in [2.75, 3.05) is 5.73 Å². The first-order valence-electron chi connectivity index (χ1n) is 5.78. The lowest BCUT2D eigenvalue weighted by Crippen LogP contribution is -2.24. The number of nitrogens with two attached hydrogens (primary N) is 1. The summed E-state index contributed by atoms with van der Waals surface area (Å²) < 4.78 is 41.5. The van der Waals surface area contributed by atoms with Crippen molar-refractivity contribution >= 4 is 47.6 Å². The van der Waals surface area contributed by atoms with Gasteiger partial charge in [-0.2, -0.15) is 0 Å². The molecule has 3 N–H and O–H groups in total. The zero-order valence-electron chi connectivity index (χ0n) is 10.6. The summed E-state index contributed by atoms with van der Waals surface area (Å²) in [6.07, 6.45) is 0. The molecule has 0 amide bonds. The van der Waals surface area contributed by atoms with Gasteiger partial charge in [0.25, 0.3) is 0 Å². The number of anilines is 1. The second kappa shape index (κ2) is 6.43. The summed E-state index contributed by atoms with van der Waals surface area (Å²) in [5, 5.41) is 0. The predicted octanol–water partition coefficient (Wildman–Crippen LogP) is 3.41. The van der Waals surface area contributed by atoms with Gasteiger partial charge in [0.2, 0.25) is 10.0 Å². The minimum absolute atomic E-state index is 0.00603. The first-order valence-corrected chi connectivity index (χ1v) is 8.85. The highest BCUT2D eigenvalue weighted by Crippen LogP contribution is 2.26. The SMILES string of the molecule is Nc1cc(Br)c(F)c(S(=O)(=O)NCc2ccc(Br)cc2)c1. The molecule has 2 aromatic rings. The number of hydrogen-bond donors (Lipinski definition) is 2. The van der Waals surface area contributed by atoms with E-state index in [9.17, 15) is 12.8 Å². The molecule has 0 aromatic heterocycles. The molecule has 0 unspecified atom stereocenters. The van der Waals surface area contributed by atoms with Gasteiger partial charge in [-0.1, -0.05) is 28.1 Å². The van der Waals surface area contributed by atoms with Crippen LogP contribution in [-0.2, 0) is 16.6 Å². The van der Waals surface area contributed by atoms with Gasteiger partial charge >= 0.3 is 0 Å². The Labute approximate surface area is 138 Å². The van der Waals surface area contributed by atoms with Crippen molar-refractivity contribution in [1.82, 2.24) is 4.72 Å². The maximum atomic E-state index is 13.9. The van der Waals surface area contributed by atoms with Crippen LogP contribution in [0.2, 0.25) is 0 Å². The molecule has 2 rings (SSSR count). The average Bonchev–Trinajstić information content (AvgIpc) is 2.42. The van der Waals surface area contributed by atoms with Crippen LogP contribution in [0.4, 0.5) is 10.1 Å². The highest BCUT2D eigenvalue weighted by molar-refractivity contribution is 9.10. The molecule has 0 aliphatic carbocycles. The first-order chi connectivity index (χ1) is 9.79. The summed E-state index contributed by atoms with van der Waals surface area (Å²) in [4.78, 5) is -0.480. The molecule has 0 aliphatic rings. The molecule has 0 saturated carbocycles. The standard InChI is InChI=1S/C13H11Br2FN2O2S/c14-9-3-1-8(2-4-9)7-18-21(19,20)12-6-10(17)5-11(15)13(12)16/h1-6,18H,7,17H2. The van der Waals surface area contributed by atoms with Crippen molar-refractivity contribution in [3.05, 3.63) is 56.7 Å². The van der Waals surface area contributed by atoms with Gasteiger partial charge in [0.1, 0.15) is 4.90 Å². The van der Waals surface area contributed by atoms with Crippen LogP contribution in [0.3, 0.4) is 0 Å². The van der Waals surface area contributed by atoms with Crippen molar-refractivity contribution in [2.45, 2.75) is 11.4 Å². The lowest BCUT2D eigenvalue weighted by atomic mass is 10.2. The van der Waals surface area contributed by atoms with E-state index in [4.69, 9.17) is 5.73 Å². The third-order valence-corrected chi connectivity index (χ3v) is 5.19. The second-order valence-electron chi connectivity index (χ2n) is 4.27. The number of sulfonamides is 1. The van der Waals surface area contributed by atoms with Crippen LogP contribution in [0.1, 0.15) is 5.56 Å². The van der Waals surface area contributed by atoms with Crippen LogP contribution < -0.4 is 10.5 Å². The van der Waals surface area contributed by atoms with Gasteiger partial charge in [-0.3, -0.25) is 0 Å². The normalized spacial score (nSPS) is 11.6. The molecule has 0 atom stereocenters. The molecule has 0 spiro atoms. The Balaban J connectivity index is 2.25. The molecule has 0 aliphatic heterocycles. The molecule has 0 fully saturated rings. The molecular weight excluding hydrogens is 427 g/mol. The number of hydrogen-bond acceptors (Lipinski definition) is 3. The van der Waals surface area contributed by atoms with Gasteiger partial charge in [0, 0.05) is 16.7 Å². The van der Waals surface area contributed by atoms with Crippen molar-refractivity contribution in [3.63, 3.8) is 0 Å². The molecule has 2 aromatic carbocycles. The van der Waals surface area contributed by atoms with Crippen LogP contribution in [0.5, 0.6) is 0 Å². The number of rotatable bonds is 4. The maximum Gasteiger partial charge on any atom is 0.243 e. The summed E-state index contributed by atoms with van der Waals surface area (Å²) in [6.45, 7) is 0.0570. The van der Waals surface area contributed by atoms with E-state index < -0.39 is 20.7 Å². The van der Waals surface area contributed by atoms with Crippen LogP contribution in [-0.4, -0.2) is 8.42 Å². The van der Waals surface area contributed by atoms with Gasteiger partial charge in [-0.15, -0.1) is 0 Å². The Kier molecular flexibility index (Phi) is 5.03. The van der Waals surface area contributed by atoms with E-state index >= 15 is 0 Å². The zero-order chi connectivity index (χ0) is 15.6. The van der Waals surface area contributed by atoms with Gasteiger partial charge in [0.15, 0.2) is 5.82 Å². The minimum Gasteiger partial charge on any atom is -0.399 e.